The van der Waals surface area contributed by atoms with Gasteiger partial charge in [-0.25, -0.2) is 19.2 Å². The number of benzene rings is 2. The topological polar surface area (TPSA) is 117 Å². The Labute approximate surface area is 249 Å². The number of hydrogen-bond acceptors (Lipinski definition) is 6. The summed E-state index contributed by atoms with van der Waals surface area (Å²) < 4.78 is 10.7. The molecule has 0 saturated carbocycles. The molecule has 4 amide bonds. The highest BCUT2D eigenvalue weighted by atomic mass is 16.5. The molecule has 0 fully saturated rings. The van der Waals surface area contributed by atoms with Crippen LogP contribution in [-0.2, 0) is 31.9 Å². The van der Waals surface area contributed by atoms with Gasteiger partial charge in [0.15, 0.2) is 0 Å². The van der Waals surface area contributed by atoms with Gasteiger partial charge in [0.2, 0.25) is 0 Å². The third-order valence-corrected chi connectivity index (χ3v) is 6.62. The molecular weight excluding hydrogens is 536 g/mol. The zero-order valence-corrected chi connectivity index (χ0v) is 25.1. The minimum Gasteiger partial charge on any atom is -0.460 e. The van der Waals surface area contributed by atoms with E-state index in [2.05, 4.69) is 10.6 Å². The van der Waals surface area contributed by atoms with E-state index in [1.54, 1.807) is 9.80 Å². The number of amides is 4. The summed E-state index contributed by atoms with van der Waals surface area (Å²) in [6, 6.07) is 17.7. The molecule has 0 aliphatic carbocycles. The van der Waals surface area contributed by atoms with E-state index in [4.69, 9.17) is 9.47 Å². The molecule has 2 N–H and O–H groups in total. The van der Waals surface area contributed by atoms with E-state index in [0.29, 0.717) is 39.0 Å². The number of esters is 2. The molecule has 0 saturated heterocycles. The third kappa shape index (κ3) is 12.4. The molecule has 2 atom stereocenters. The van der Waals surface area contributed by atoms with Gasteiger partial charge >= 0.3 is 24.0 Å². The van der Waals surface area contributed by atoms with Crippen LogP contribution in [0.2, 0.25) is 0 Å². The van der Waals surface area contributed by atoms with E-state index in [0.717, 1.165) is 23.3 Å². The third-order valence-electron chi connectivity index (χ3n) is 6.62. The highest BCUT2D eigenvalue weighted by Gasteiger charge is 2.20. The van der Waals surface area contributed by atoms with Gasteiger partial charge in [-0.2, -0.15) is 0 Å². The monoisotopic (exact) mass is 580 g/mol. The lowest BCUT2D eigenvalue weighted by Crippen LogP contribution is -2.47. The van der Waals surface area contributed by atoms with Crippen LogP contribution in [0.1, 0.15) is 38.8 Å². The average Bonchev–Trinajstić information content (AvgIpc) is 2.99. The standard InChI is InChI=1S/C32H44N4O6/c1-5-35(6-2)31(39)33-27(21-25-15-11-9-12-16-25)23-41-29(37)19-20-30(38)42-24-28(22-26-17-13-10-14-18-26)34-32(40)36(7-3)8-4/h9-20,27-28H,5-8,21-24H2,1-4H3,(H,33,39)(H,34,40)/b20-19+/t27-,28-/m1/s1. The first-order chi connectivity index (χ1) is 20.3. The van der Waals surface area contributed by atoms with Crippen molar-refractivity contribution in [2.24, 2.45) is 0 Å². The van der Waals surface area contributed by atoms with Crippen molar-refractivity contribution < 1.29 is 28.7 Å². The Bertz CT molecular complexity index is 1040. The first-order valence-electron chi connectivity index (χ1n) is 14.5. The lowest BCUT2D eigenvalue weighted by atomic mass is 10.1. The molecule has 2 aromatic rings. The Kier molecular flexibility index (Phi) is 15.2. The SMILES string of the molecule is CCN(CC)C(=O)N[C@@H](COC(=O)/C=C/C(=O)OC[C@@H](Cc1ccccc1)NC(=O)N(CC)CC)Cc1ccccc1. The van der Waals surface area contributed by atoms with Gasteiger partial charge in [-0.1, -0.05) is 60.7 Å². The molecule has 42 heavy (non-hydrogen) atoms. The summed E-state index contributed by atoms with van der Waals surface area (Å²) in [4.78, 5) is 53.3. The van der Waals surface area contributed by atoms with Gasteiger partial charge in [0.1, 0.15) is 13.2 Å². The van der Waals surface area contributed by atoms with Crippen molar-refractivity contribution in [3.8, 4) is 0 Å². The van der Waals surface area contributed by atoms with Crippen molar-refractivity contribution in [3.63, 3.8) is 0 Å². The Morgan fingerprint density at radius 2 is 0.952 bits per heavy atom. The number of nitrogens with zero attached hydrogens (tertiary/aromatic N) is 2. The van der Waals surface area contributed by atoms with Gasteiger partial charge in [0.05, 0.1) is 12.1 Å². The fraction of sp³-hybridized carbons (Fsp3) is 0.438. The number of nitrogens with one attached hydrogen (secondary N) is 2. The van der Waals surface area contributed by atoms with Crippen LogP contribution in [-0.4, -0.2) is 85.3 Å². The highest BCUT2D eigenvalue weighted by Crippen LogP contribution is 2.07. The maximum absolute atomic E-state index is 12.6. The van der Waals surface area contributed by atoms with Crippen LogP contribution in [0.5, 0.6) is 0 Å². The van der Waals surface area contributed by atoms with Crippen LogP contribution in [0.15, 0.2) is 72.8 Å². The van der Waals surface area contributed by atoms with Gasteiger partial charge in [-0.05, 0) is 51.7 Å². The van der Waals surface area contributed by atoms with Crippen LogP contribution in [0.3, 0.4) is 0 Å². The van der Waals surface area contributed by atoms with Crippen molar-refractivity contribution in [1.29, 1.82) is 0 Å². The summed E-state index contributed by atoms with van der Waals surface area (Å²) in [5.74, 6) is -1.48. The smallest absolute Gasteiger partial charge is 0.331 e. The Morgan fingerprint density at radius 3 is 1.26 bits per heavy atom. The molecule has 0 heterocycles. The molecule has 2 rings (SSSR count). The molecule has 10 heteroatoms. The molecular formula is C32H44N4O6. The Balaban J connectivity index is 1.94. The molecule has 10 nitrogen and oxygen atoms in total. The number of rotatable bonds is 16. The number of carbonyl (C=O) groups excluding carboxylic acids is 4. The fourth-order valence-corrected chi connectivity index (χ4v) is 4.25. The van der Waals surface area contributed by atoms with Crippen molar-refractivity contribution in [1.82, 2.24) is 20.4 Å². The predicted octanol–water partition coefficient (Wildman–Crippen LogP) is 3.95. The molecule has 0 bridgehead atoms. The second kappa shape index (κ2) is 18.9. The van der Waals surface area contributed by atoms with Gasteiger partial charge in [-0.3, -0.25) is 0 Å². The molecule has 0 aromatic heterocycles. The predicted molar refractivity (Wildman–Crippen MR) is 162 cm³/mol. The number of ether oxygens (including phenoxy) is 2. The van der Waals surface area contributed by atoms with E-state index in [-0.39, 0.29) is 25.3 Å². The number of urea groups is 2. The van der Waals surface area contributed by atoms with E-state index < -0.39 is 24.0 Å². The van der Waals surface area contributed by atoms with Gasteiger partial charge < -0.3 is 29.9 Å². The summed E-state index contributed by atoms with van der Waals surface area (Å²) in [7, 11) is 0. The number of carbonyl (C=O) groups is 4. The quantitative estimate of drug-likeness (QED) is 0.229. The fourth-order valence-electron chi connectivity index (χ4n) is 4.25. The average molecular weight is 581 g/mol. The van der Waals surface area contributed by atoms with Gasteiger partial charge in [0.25, 0.3) is 0 Å². The first kappa shape index (κ1) is 33.9. The van der Waals surface area contributed by atoms with Crippen LogP contribution >= 0.6 is 0 Å². The summed E-state index contributed by atoms with van der Waals surface area (Å²) >= 11 is 0. The van der Waals surface area contributed by atoms with Crippen molar-refractivity contribution in [3.05, 3.63) is 83.9 Å². The largest absolute Gasteiger partial charge is 0.460 e. The summed E-state index contributed by atoms with van der Waals surface area (Å²) in [5, 5.41) is 5.86. The second-order valence-corrected chi connectivity index (χ2v) is 9.61. The van der Waals surface area contributed by atoms with E-state index in [9.17, 15) is 19.2 Å². The van der Waals surface area contributed by atoms with E-state index in [1.165, 1.54) is 0 Å². The van der Waals surface area contributed by atoms with Crippen LogP contribution in [0, 0.1) is 0 Å². The van der Waals surface area contributed by atoms with E-state index >= 15 is 0 Å². The maximum atomic E-state index is 12.6. The summed E-state index contributed by atoms with van der Waals surface area (Å²) in [6.07, 6.45) is 2.92. The lowest BCUT2D eigenvalue weighted by molar-refractivity contribution is -0.141. The molecule has 228 valence electrons. The van der Waals surface area contributed by atoms with Crippen molar-refractivity contribution in [2.45, 2.75) is 52.6 Å². The summed E-state index contributed by atoms with van der Waals surface area (Å²) in [5.41, 5.74) is 1.96. The van der Waals surface area contributed by atoms with Crippen molar-refractivity contribution in [2.75, 3.05) is 39.4 Å². The highest BCUT2D eigenvalue weighted by molar-refractivity contribution is 5.91. The van der Waals surface area contributed by atoms with Crippen LogP contribution in [0.4, 0.5) is 9.59 Å². The van der Waals surface area contributed by atoms with Crippen molar-refractivity contribution >= 4 is 24.0 Å². The zero-order chi connectivity index (χ0) is 30.7. The molecule has 0 aliphatic rings. The number of hydrogen-bond donors (Lipinski definition) is 2. The van der Waals surface area contributed by atoms with Crippen LogP contribution in [0.25, 0.3) is 0 Å². The Hall–Kier alpha value is -4.34. The lowest BCUT2D eigenvalue weighted by Gasteiger charge is -2.24. The minimum absolute atomic E-state index is 0.0728. The zero-order valence-electron chi connectivity index (χ0n) is 25.1. The van der Waals surface area contributed by atoms with Crippen LogP contribution < -0.4 is 10.6 Å². The maximum Gasteiger partial charge on any atom is 0.331 e. The minimum atomic E-state index is -0.738. The molecule has 2 aromatic carbocycles. The normalized spacial score (nSPS) is 12.2. The Morgan fingerprint density at radius 1 is 0.619 bits per heavy atom. The first-order valence-corrected chi connectivity index (χ1v) is 14.5. The van der Waals surface area contributed by atoms with E-state index in [1.807, 2.05) is 88.4 Å². The second-order valence-electron chi connectivity index (χ2n) is 9.61. The van der Waals surface area contributed by atoms with Gasteiger partial charge in [0, 0.05) is 38.3 Å². The molecule has 0 spiro atoms. The summed E-state index contributed by atoms with van der Waals surface area (Å²) in [6.45, 7) is 9.63. The molecule has 0 radical (unpaired) electrons. The van der Waals surface area contributed by atoms with Gasteiger partial charge in [-0.15, -0.1) is 0 Å². The molecule has 0 aliphatic heterocycles. The molecule has 0 unspecified atom stereocenters.